The SMILES string of the molecule is CC(C)[C@H](N)C(=O)N1CC[C@@H](N(C)C2CC2)C1. The molecular formula is C13H25N3O. The van der Waals surface area contributed by atoms with E-state index in [4.69, 9.17) is 5.73 Å². The second-order valence-electron chi connectivity index (χ2n) is 5.89. The van der Waals surface area contributed by atoms with Crippen molar-refractivity contribution in [3.05, 3.63) is 0 Å². The Kier molecular flexibility index (Phi) is 3.73. The van der Waals surface area contributed by atoms with Crippen molar-refractivity contribution in [1.82, 2.24) is 9.80 Å². The van der Waals surface area contributed by atoms with Crippen LogP contribution in [0, 0.1) is 5.92 Å². The standard InChI is InChI=1S/C13H25N3O/c1-9(2)12(14)13(17)16-7-6-11(8-16)15(3)10-4-5-10/h9-12H,4-8,14H2,1-3H3/t11-,12+/m1/s1. The van der Waals surface area contributed by atoms with E-state index in [-0.39, 0.29) is 17.9 Å². The van der Waals surface area contributed by atoms with Crippen molar-refractivity contribution >= 4 is 5.91 Å². The highest BCUT2D eigenvalue weighted by atomic mass is 16.2. The molecule has 0 unspecified atom stereocenters. The van der Waals surface area contributed by atoms with Gasteiger partial charge in [-0.05, 0) is 32.2 Å². The smallest absolute Gasteiger partial charge is 0.239 e. The summed E-state index contributed by atoms with van der Waals surface area (Å²) in [5.74, 6) is 0.356. The van der Waals surface area contributed by atoms with Gasteiger partial charge < -0.3 is 10.6 Å². The lowest BCUT2D eigenvalue weighted by atomic mass is 10.0. The van der Waals surface area contributed by atoms with Gasteiger partial charge >= 0.3 is 0 Å². The van der Waals surface area contributed by atoms with E-state index in [0.29, 0.717) is 6.04 Å². The van der Waals surface area contributed by atoms with Crippen LogP contribution in [0.2, 0.25) is 0 Å². The van der Waals surface area contributed by atoms with Crippen molar-refractivity contribution < 1.29 is 4.79 Å². The maximum absolute atomic E-state index is 12.1. The van der Waals surface area contributed by atoms with E-state index in [1.54, 1.807) is 0 Å². The topological polar surface area (TPSA) is 49.6 Å². The number of hydrogen-bond acceptors (Lipinski definition) is 3. The monoisotopic (exact) mass is 239 g/mol. The Morgan fingerprint density at radius 1 is 1.29 bits per heavy atom. The zero-order chi connectivity index (χ0) is 12.6. The van der Waals surface area contributed by atoms with Gasteiger partial charge in [0, 0.05) is 25.2 Å². The summed E-state index contributed by atoms with van der Waals surface area (Å²) in [4.78, 5) is 16.5. The molecule has 1 saturated heterocycles. The molecular weight excluding hydrogens is 214 g/mol. The summed E-state index contributed by atoms with van der Waals surface area (Å²) in [7, 11) is 2.19. The van der Waals surface area contributed by atoms with Gasteiger partial charge in [0.25, 0.3) is 0 Å². The summed E-state index contributed by atoms with van der Waals surface area (Å²) < 4.78 is 0. The number of nitrogens with zero attached hydrogens (tertiary/aromatic N) is 2. The van der Waals surface area contributed by atoms with Crippen LogP contribution in [-0.2, 0) is 4.79 Å². The van der Waals surface area contributed by atoms with E-state index in [2.05, 4.69) is 11.9 Å². The summed E-state index contributed by atoms with van der Waals surface area (Å²) in [5.41, 5.74) is 5.93. The van der Waals surface area contributed by atoms with E-state index in [0.717, 1.165) is 25.6 Å². The fourth-order valence-corrected chi connectivity index (χ4v) is 2.55. The van der Waals surface area contributed by atoms with E-state index >= 15 is 0 Å². The molecule has 98 valence electrons. The molecule has 4 heteroatoms. The highest BCUT2D eigenvalue weighted by molar-refractivity contribution is 5.82. The minimum atomic E-state index is -0.333. The molecule has 1 saturated carbocycles. The van der Waals surface area contributed by atoms with Gasteiger partial charge in [-0.2, -0.15) is 0 Å². The zero-order valence-electron chi connectivity index (χ0n) is 11.2. The van der Waals surface area contributed by atoms with Crippen LogP contribution in [0.1, 0.15) is 33.1 Å². The lowest BCUT2D eigenvalue weighted by Gasteiger charge is -2.26. The Labute approximate surface area is 104 Å². The van der Waals surface area contributed by atoms with Gasteiger partial charge in [0.15, 0.2) is 0 Å². The predicted octanol–water partition coefficient (Wildman–Crippen LogP) is 0.665. The van der Waals surface area contributed by atoms with Crippen LogP contribution in [0.3, 0.4) is 0 Å². The molecule has 2 rings (SSSR count). The first-order valence-electron chi connectivity index (χ1n) is 6.77. The van der Waals surface area contributed by atoms with Gasteiger partial charge in [-0.25, -0.2) is 0 Å². The molecule has 1 amide bonds. The molecule has 0 aromatic heterocycles. The molecule has 17 heavy (non-hydrogen) atoms. The minimum Gasteiger partial charge on any atom is -0.340 e. The molecule has 1 aliphatic carbocycles. The number of likely N-dealkylation sites (tertiary alicyclic amines) is 1. The number of carbonyl (C=O) groups excluding carboxylic acids is 1. The molecule has 0 bridgehead atoms. The first-order valence-corrected chi connectivity index (χ1v) is 6.77. The van der Waals surface area contributed by atoms with E-state index in [1.165, 1.54) is 12.8 Å². The fraction of sp³-hybridized carbons (Fsp3) is 0.923. The second-order valence-corrected chi connectivity index (χ2v) is 5.89. The molecule has 2 aliphatic rings. The Hall–Kier alpha value is -0.610. The third-order valence-corrected chi connectivity index (χ3v) is 4.18. The predicted molar refractivity (Wildman–Crippen MR) is 68.6 cm³/mol. The van der Waals surface area contributed by atoms with Crippen LogP contribution in [0.25, 0.3) is 0 Å². The van der Waals surface area contributed by atoms with Crippen molar-refractivity contribution in [2.24, 2.45) is 11.7 Å². The molecule has 4 nitrogen and oxygen atoms in total. The third-order valence-electron chi connectivity index (χ3n) is 4.18. The van der Waals surface area contributed by atoms with Crippen molar-refractivity contribution in [3.63, 3.8) is 0 Å². The average Bonchev–Trinajstić information content (AvgIpc) is 3.03. The molecule has 2 fully saturated rings. The van der Waals surface area contributed by atoms with Gasteiger partial charge in [-0.3, -0.25) is 9.69 Å². The molecule has 1 heterocycles. The molecule has 0 aromatic carbocycles. The molecule has 2 N–H and O–H groups in total. The molecule has 1 aliphatic heterocycles. The van der Waals surface area contributed by atoms with Gasteiger partial charge in [-0.15, -0.1) is 0 Å². The highest BCUT2D eigenvalue weighted by Gasteiger charge is 2.37. The van der Waals surface area contributed by atoms with Gasteiger partial charge in [0.05, 0.1) is 6.04 Å². The number of rotatable bonds is 4. The summed E-state index contributed by atoms with van der Waals surface area (Å²) >= 11 is 0. The Morgan fingerprint density at radius 2 is 1.94 bits per heavy atom. The fourth-order valence-electron chi connectivity index (χ4n) is 2.55. The second kappa shape index (κ2) is 4.94. The minimum absolute atomic E-state index is 0.131. The first kappa shape index (κ1) is 12.8. The third kappa shape index (κ3) is 2.80. The van der Waals surface area contributed by atoms with Crippen LogP contribution in [0.4, 0.5) is 0 Å². The number of amides is 1. The Morgan fingerprint density at radius 3 is 2.47 bits per heavy atom. The van der Waals surface area contributed by atoms with Crippen LogP contribution in [0.15, 0.2) is 0 Å². The number of carbonyl (C=O) groups is 1. The van der Waals surface area contributed by atoms with Crippen LogP contribution < -0.4 is 5.73 Å². The van der Waals surface area contributed by atoms with Crippen molar-refractivity contribution in [3.8, 4) is 0 Å². The lowest BCUT2D eigenvalue weighted by Crippen LogP contribution is -2.46. The first-order chi connectivity index (χ1) is 8.00. The maximum atomic E-state index is 12.1. The molecule has 2 atom stereocenters. The normalized spacial score (nSPS) is 26.9. The van der Waals surface area contributed by atoms with Crippen LogP contribution in [-0.4, -0.2) is 54.0 Å². The number of likely N-dealkylation sites (N-methyl/N-ethyl adjacent to an activating group) is 1. The Bertz CT molecular complexity index is 288. The maximum Gasteiger partial charge on any atom is 0.239 e. The Balaban J connectivity index is 1.86. The zero-order valence-corrected chi connectivity index (χ0v) is 11.2. The van der Waals surface area contributed by atoms with Crippen molar-refractivity contribution in [2.75, 3.05) is 20.1 Å². The van der Waals surface area contributed by atoms with Crippen LogP contribution >= 0.6 is 0 Å². The highest BCUT2D eigenvalue weighted by Crippen LogP contribution is 2.30. The van der Waals surface area contributed by atoms with Crippen molar-refractivity contribution in [1.29, 1.82) is 0 Å². The summed E-state index contributed by atoms with van der Waals surface area (Å²) in [6, 6.07) is 0.986. The van der Waals surface area contributed by atoms with E-state index in [1.807, 2.05) is 18.7 Å². The summed E-state index contributed by atoms with van der Waals surface area (Å²) in [6.07, 6.45) is 3.75. The molecule has 0 radical (unpaired) electrons. The average molecular weight is 239 g/mol. The molecule has 0 aromatic rings. The van der Waals surface area contributed by atoms with Crippen molar-refractivity contribution in [2.45, 2.75) is 51.2 Å². The number of hydrogen-bond donors (Lipinski definition) is 1. The quantitative estimate of drug-likeness (QED) is 0.784. The van der Waals surface area contributed by atoms with Gasteiger partial charge in [0.1, 0.15) is 0 Å². The van der Waals surface area contributed by atoms with Crippen LogP contribution in [0.5, 0.6) is 0 Å². The summed E-state index contributed by atoms with van der Waals surface area (Å²) in [6.45, 7) is 5.76. The largest absolute Gasteiger partial charge is 0.340 e. The lowest BCUT2D eigenvalue weighted by molar-refractivity contribution is -0.132. The van der Waals surface area contributed by atoms with E-state index < -0.39 is 0 Å². The summed E-state index contributed by atoms with van der Waals surface area (Å²) in [5, 5.41) is 0. The van der Waals surface area contributed by atoms with Gasteiger partial charge in [0.2, 0.25) is 5.91 Å². The molecule has 0 spiro atoms. The van der Waals surface area contributed by atoms with Gasteiger partial charge in [-0.1, -0.05) is 13.8 Å². The van der Waals surface area contributed by atoms with E-state index in [9.17, 15) is 4.79 Å². The number of nitrogens with two attached hydrogens (primary N) is 1.